The molecule has 82 valence electrons. The van der Waals surface area contributed by atoms with Gasteiger partial charge in [-0.25, -0.2) is 4.79 Å². The fourth-order valence-electron chi connectivity index (χ4n) is 1.37. The summed E-state index contributed by atoms with van der Waals surface area (Å²) >= 11 is 0. The highest BCUT2D eigenvalue weighted by Gasteiger charge is 2.17. The molecular formula is C11H15NO3. The number of nitrogens with one attached hydrogen (secondary N) is 1. The topological polar surface area (TPSA) is 69.6 Å². The van der Waals surface area contributed by atoms with Gasteiger partial charge in [-0.15, -0.1) is 0 Å². The zero-order valence-corrected chi connectivity index (χ0v) is 8.55. The molecule has 4 nitrogen and oxygen atoms in total. The lowest BCUT2D eigenvalue weighted by Crippen LogP contribution is -2.42. The Hall–Kier alpha value is -1.55. The zero-order valence-electron chi connectivity index (χ0n) is 8.55. The van der Waals surface area contributed by atoms with Gasteiger partial charge in [0.15, 0.2) is 0 Å². The molecule has 2 atom stereocenters. The summed E-state index contributed by atoms with van der Waals surface area (Å²) in [5.41, 5.74) is 0.997. The quantitative estimate of drug-likeness (QED) is 0.699. The molecule has 1 aromatic rings. The summed E-state index contributed by atoms with van der Waals surface area (Å²) in [6.45, 7) is 1.57. The molecule has 1 aromatic carbocycles. The van der Waals surface area contributed by atoms with Gasteiger partial charge in [-0.3, -0.25) is 0 Å². The van der Waals surface area contributed by atoms with Gasteiger partial charge in [0.25, 0.3) is 0 Å². The van der Waals surface area contributed by atoms with Crippen LogP contribution < -0.4 is 5.32 Å². The predicted molar refractivity (Wildman–Crippen MR) is 56.8 cm³/mol. The van der Waals surface area contributed by atoms with Gasteiger partial charge in [0.05, 0.1) is 12.1 Å². The van der Waals surface area contributed by atoms with Crippen LogP contribution in [0, 0.1) is 0 Å². The van der Waals surface area contributed by atoms with Crippen LogP contribution in [0.1, 0.15) is 12.5 Å². The van der Waals surface area contributed by atoms with Gasteiger partial charge >= 0.3 is 6.09 Å². The average molecular weight is 209 g/mol. The van der Waals surface area contributed by atoms with E-state index in [1.54, 1.807) is 6.92 Å². The fraction of sp³-hybridized carbons (Fsp3) is 0.364. The molecule has 1 amide bonds. The Morgan fingerprint density at radius 2 is 2.00 bits per heavy atom. The van der Waals surface area contributed by atoms with E-state index in [2.05, 4.69) is 5.32 Å². The minimum Gasteiger partial charge on any atom is -0.465 e. The fourth-order valence-corrected chi connectivity index (χ4v) is 1.37. The molecule has 1 unspecified atom stereocenters. The van der Waals surface area contributed by atoms with Gasteiger partial charge < -0.3 is 15.5 Å². The van der Waals surface area contributed by atoms with E-state index in [0.717, 1.165) is 5.56 Å². The zero-order chi connectivity index (χ0) is 11.3. The van der Waals surface area contributed by atoms with Gasteiger partial charge in [-0.2, -0.15) is 0 Å². The lowest BCUT2D eigenvalue weighted by Gasteiger charge is -2.19. The number of rotatable bonds is 4. The first-order valence-electron chi connectivity index (χ1n) is 4.81. The molecule has 3 N–H and O–H groups in total. The van der Waals surface area contributed by atoms with Crippen LogP contribution in [0.15, 0.2) is 30.3 Å². The van der Waals surface area contributed by atoms with Crippen molar-refractivity contribution in [3.63, 3.8) is 0 Å². The van der Waals surface area contributed by atoms with E-state index >= 15 is 0 Å². The highest BCUT2D eigenvalue weighted by atomic mass is 16.4. The molecule has 0 heterocycles. The SMILES string of the molecule is C[C@H](O)C(Cc1ccccc1)NC(=O)O. The number of aliphatic hydroxyl groups is 1. The third-order valence-electron chi connectivity index (χ3n) is 2.19. The Bertz CT molecular complexity index is 311. The number of amides is 1. The summed E-state index contributed by atoms with van der Waals surface area (Å²) in [5, 5.41) is 20.3. The highest BCUT2D eigenvalue weighted by molar-refractivity contribution is 5.65. The summed E-state index contributed by atoms with van der Waals surface area (Å²) in [5.74, 6) is 0. The van der Waals surface area contributed by atoms with Crippen LogP contribution in [0.3, 0.4) is 0 Å². The van der Waals surface area contributed by atoms with Crippen LogP contribution in [-0.4, -0.2) is 28.5 Å². The summed E-state index contributed by atoms with van der Waals surface area (Å²) in [6, 6.07) is 9.00. The van der Waals surface area contributed by atoms with Crippen molar-refractivity contribution in [1.82, 2.24) is 5.32 Å². The number of aliphatic hydroxyl groups excluding tert-OH is 1. The van der Waals surface area contributed by atoms with Crippen LogP contribution in [-0.2, 0) is 6.42 Å². The Labute approximate surface area is 88.6 Å². The van der Waals surface area contributed by atoms with Crippen molar-refractivity contribution in [2.75, 3.05) is 0 Å². The second-order valence-electron chi connectivity index (χ2n) is 3.49. The summed E-state index contributed by atoms with van der Waals surface area (Å²) in [6.07, 6.45) is -1.33. The van der Waals surface area contributed by atoms with Crippen LogP contribution in [0.2, 0.25) is 0 Å². The van der Waals surface area contributed by atoms with Gasteiger partial charge in [0, 0.05) is 0 Å². The molecule has 0 aromatic heterocycles. The first-order valence-corrected chi connectivity index (χ1v) is 4.81. The van der Waals surface area contributed by atoms with E-state index < -0.39 is 18.2 Å². The lowest BCUT2D eigenvalue weighted by atomic mass is 10.0. The second-order valence-corrected chi connectivity index (χ2v) is 3.49. The van der Waals surface area contributed by atoms with Gasteiger partial charge in [0.1, 0.15) is 0 Å². The standard InChI is InChI=1S/C11H15NO3/c1-8(13)10(12-11(14)15)7-9-5-3-2-4-6-9/h2-6,8,10,12-13H,7H2,1H3,(H,14,15)/t8-,10?/m0/s1. The molecular weight excluding hydrogens is 194 g/mol. The largest absolute Gasteiger partial charge is 0.465 e. The maximum Gasteiger partial charge on any atom is 0.404 e. The Morgan fingerprint density at radius 1 is 1.40 bits per heavy atom. The summed E-state index contributed by atoms with van der Waals surface area (Å²) < 4.78 is 0. The monoisotopic (exact) mass is 209 g/mol. The third kappa shape index (κ3) is 3.99. The normalized spacial score (nSPS) is 14.3. The van der Waals surface area contributed by atoms with Crippen molar-refractivity contribution in [2.45, 2.75) is 25.5 Å². The first kappa shape index (κ1) is 11.5. The number of hydrogen-bond acceptors (Lipinski definition) is 2. The molecule has 0 fully saturated rings. The third-order valence-corrected chi connectivity index (χ3v) is 2.19. The van der Waals surface area contributed by atoms with Crippen molar-refractivity contribution < 1.29 is 15.0 Å². The van der Waals surface area contributed by atoms with Gasteiger partial charge in [-0.05, 0) is 18.9 Å². The molecule has 0 aliphatic rings. The molecule has 0 aliphatic carbocycles. The van der Waals surface area contributed by atoms with Crippen molar-refractivity contribution >= 4 is 6.09 Å². The number of benzene rings is 1. The van der Waals surface area contributed by atoms with E-state index in [4.69, 9.17) is 5.11 Å². The van der Waals surface area contributed by atoms with E-state index in [1.165, 1.54) is 0 Å². The van der Waals surface area contributed by atoms with Crippen LogP contribution in [0.5, 0.6) is 0 Å². The Kier molecular flexibility index (Phi) is 4.12. The number of carboxylic acid groups (broad SMARTS) is 1. The van der Waals surface area contributed by atoms with Crippen LogP contribution >= 0.6 is 0 Å². The maximum absolute atomic E-state index is 10.5. The Morgan fingerprint density at radius 3 is 2.47 bits per heavy atom. The minimum atomic E-state index is -1.11. The van der Waals surface area contributed by atoms with E-state index in [-0.39, 0.29) is 0 Å². The molecule has 15 heavy (non-hydrogen) atoms. The number of hydrogen-bond donors (Lipinski definition) is 3. The second kappa shape index (κ2) is 5.36. The summed E-state index contributed by atoms with van der Waals surface area (Å²) in [7, 11) is 0. The van der Waals surface area contributed by atoms with E-state index in [1.807, 2.05) is 30.3 Å². The molecule has 0 bridgehead atoms. The van der Waals surface area contributed by atoms with E-state index in [9.17, 15) is 9.90 Å². The molecule has 0 radical (unpaired) electrons. The highest BCUT2D eigenvalue weighted by Crippen LogP contribution is 2.05. The van der Waals surface area contributed by atoms with Crippen LogP contribution in [0.4, 0.5) is 4.79 Å². The van der Waals surface area contributed by atoms with Gasteiger partial charge in [0.2, 0.25) is 0 Å². The van der Waals surface area contributed by atoms with Crippen molar-refractivity contribution in [3.05, 3.63) is 35.9 Å². The molecule has 4 heteroatoms. The molecule has 0 aliphatic heterocycles. The minimum absolute atomic E-state index is 0.468. The van der Waals surface area contributed by atoms with Gasteiger partial charge in [-0.1, -0.05) is 30.3 Å². The molecule has 0 saturated heterocycles. The average Bonchev–Trinajstić information content (AvgIpc) is 2.17. The van der Waals surface area contributed by atoms with Crippen molar-refractivity contribution in [2.24, 2.45) is 0 Å². The molecule has 1 rings (SSSR count). The lowest BCUT2D eigenvalue weighted by molar-refractivity contribution is 0.133. The smallest absolute Gasteiger partial charge is 0.404 e. The maximum atomic E-state index is 10.5. The van der Waals surface area contributed by atoms with Crippen molar-refractivity contribution in [1.29, 1.82) is 0 Å². The molecule has 0 saturated carbocycles. The molecule has 0 spiro atoms. The van der Waals surface area contributed by atoms with Crippen LogP contribution in [0.25, 0.3) is 0 Å². The first-order chi connectivity index (χ1) is 7.09. The predicted octanol–water partition coefficient (Wildman–Crippen LogP) is 1.25. The Balaban J connectivity index is 2.63. The van der Waals surface area contributed by atoms with E-state index in [0.29, 0.717) is 6.42 Å². The summed E-state index contributed by atoms with van der Waals surface area (Å²) in [4.78, 5) is 10.5. The number of carbonyl (C=O) groups is 1. The van der Waals surface area contributed by atoms with Crippen molar-refractivity contribution in [3.8, 4) is 0 Å².